The highest BCUT2D eigenvalue weighted by atomic mass is 19.1. The van der Waals surface area contributed by atoms with Gasteiger partial charge in [-0.15, -0.1) is 0 Å². The molecule has 0 atom stereocenters. The van der Waals surface area contributed by atoms with Crippen LogP contribution in [-0.4, -0.2) is 70.9 Å². The number of hydrogen-bond acceptors (Lipinski definition) is 5. The van der Waals surface area contributed by atoms with Gasteiger partial charge in [0.25, 0.3) is 0 Å². The molecule has 0 radical (unpaired) electrons. The number of anilines is 1. The summed E-state index contributed by atoms with van der Waals surface area (Å²) in [4.78, 5) is 20.3. The van der Waals surface area contributed by atoms with Crippen LogP contribution in [0.25, 0.3) is 5.69 Å². The van der Waals surface area contributed by atoms with Crippen molar-refractivity contribution in [3.05, 3.63) is 77.2 Å². The van der Waals surface area contributed by atoms with Crippen molar-refractivity contribution in [1.82, 2.24) is 19.6 Å². The Kier molecular flexibility index (Phi) is 10.3. The topological polar surface area (TPSA) is 53.8 Å². The predicted octanol–water partition coefficient (Wildman–Crippen LogP) is 5.31. The zero-order chi connectivity index (χ0) is 28.6. The van der Waals surface area contributed by atoms with Gasteiger partial charge in [-0.25, -0.2) is 9.07 Å². The first-order chi connectivity index (χ1) is 19.3. The third kappa shape index (κ3) is 7.49. The fourth-order valence-corrected chi connectivity index (χ4v) is 5.28. The zero-order valence-corrected chi connectivity index (χ0v) is 24.6. The van der Waals surface area contributed by atoms with Crippen LogP contribution in [0.5, 0.6) is 0 Å². The van der Waals surface area contributed by atoms with Crippen LogP contribution in [0.15, 0.2) is 54.6 Å². The van der Waals surface area contributed by atoms with Gasteiger partial charge in [-0.2, -0.15) is 5.10 Å². The third-order valence-corrected chi connectivity index (χ3v) is 7.41. The average molecular weight is 550 g/mol. The quantitative estimate of drug-likeness (QED) is 0.307. The first-order valence-electron chi connectivity index (χ1n) is 14.5. The van der Waals surface area contributed by atoms with E-state index in [4.69, 9.17) is 9.84 Å². The molecule has 0 bridgehead atoms. The third-order valence-electron chi connectivity index (χ3n) is 7.41. The summed E-state index contributed by atoms with van der Waals surface area (Å²) >= 11 is 0. The van der Waals surface area contributed by atoms with E-state index >= 15 is 0 Å². The lowest BCUT2D eigenvalue weighted by Crippen LogP contribution is -2.49. The number of ether oxygens (including phenoxy) is 1. The van der Waals surface area contributed by atoms with Crippen molar-refractivity contribution in [2.45, 2.75) is 60.2 Å². The maximum Gasteiger partial charge on any atom is 0.248 e. The molecule has 0 aliphatic carbocycles. The second-order valence-electron chi connectivity index (χ2n) is 11.3. The van der Waals surface area contributed by atoms with Crippen molar-refractivity contribution < 1.29 is 13.9 Å². The molecular weight excluding hydrogens is 505 g/mol. The van der Waals surface area contributed by atoms with E-state index in [0.717, 1.165) is 60.9 Å². The van der Waals surface area contributed by atoms with Crippen molar-refractivity contribution in [3.8, 4) is 5.69 Å². The Morgan fingerprint density at radius 2 is 1.68 bits per heavy atom. The number of benzene rings is 2. The van der Waals surface area contributed by atoms with E-state index in [1.54, 1.807) is 12.1 Å². The van der Waals surface area contributed by atoms with E-state index < -0.39 is 0 Å². The van der Waals surface area contributed by atoms with Gasteiger partial charge < -0.3 is 14.5 Å². The normalized spacial score (nSPS) is 14.3. The smallest absolute Gasteiger partial charge is 0.248 e. The Balaban J connectivity index is 1.64. The minimum absolute atomic E-state index is 0.0254. The van der Waals surface area contributed by atoms with Crippen LogP contribution in [-0.2, 0) is 29.1 Å². The molecule has 7 nitrogen and oxygen atoms in total. The van der Waals surface area contributed by atoms with Gasteiger partial charge >= 0.3 is 0 Å². The molecule has 1 aromatic heterocycles. The Bertz CT molecular complexity index is 1220. The van der Waals surface area contributed by atoms with E-state index in [1.807, 2.05) is 39.9 Å². The molecule has 1 saturated heterocycles. The van der Waals surface area contributed by atoms with Crippen LogP contribution in [0.1, 0.15) is 51.4 Å². The SMILES string of the molecule is CCc1nn(-c2ccc(F)cc2)c(N2CCN(C(C)C)CC2)c1CN(CC(C)C)C(=O)COCc1ccccc1. The van der Waals surface area contributed by atoms with Crippen LogP contribution in [0.2, 0.25) is 0 Å². The number of carbonyl (C=O) groups is 1. The first-order valence-corrected chi connectivity index (χ1v) is 14.5. The predicted molar refractivity (Wildman–Crippen MR) is 158 cm³/mol. The molecule has 1 amide bonds. The van der Waals surface area contributed by atoms with Gasteiger partial charge in [0.15, 0.2) is 0 Å². The molecule has 0 spiro atoms. The molecule has 0 unspecified atom stereocenters. The van der Waals surface area contributed by atoms with Crippen molar-refractivity contribution in [3.63, 3.8) is 0 Å². The highest BCUT2D eigenvalue weighted by molar-refractivity contribution is 5.77. The van der Waals surface area contributed by atoms with Crippen molar-refractivity contribution in [2.24, 2.45) is 5.92 Å². The summed E-state index contributed by atoms with van der Waals surface area (Å²) < 4.78 is 21.6. The summed E-state index contributed by atoms with van der Waals surface area (Å²) in [5.74, 6) is 0.992. The highest BCUT2D eigenvalue weighted by Crippen LogP contribution is 2.31. The largest absolute Gasteiger partial charge is 0.367 e. The summed E-state index contributed by atoms with van der Waals surface area (Å²) in [6.45, 7) is 15.9. The lowest BCUT2D eigenvalue weighted by Gasteiger charge is -2.38. The average Bonchev–Trinajstić information content (AvgIpc) is 3.31. The molecule has 2 heterocycles. The number of rotatable bonds is 12. The van der Waals surface area contributed by atoms with Crippen molar-refractivity contribution in [2.75, 3.05) is 44.2 Å². The molecular formula is C32H44FN5O2. The summed E-state index contributed by atoms with van der Waals surface area (Å²) in [5, 5.41) is 5.02. The fourth-order valence-electron chi connectivity index (χ4n) is 5.28. The highest BCUT2D eigenvalue weighted by Gasteiger charge is 2.29. The lowest BCUT2D eigenvalue weighted by molar-refractivity contribution is -0.137. The molecule has 4 rings (SSSR count). The molecule has 8 heteroatoms. The number of amides is 1. The molecule has 0 N–H and O–H groups in total. The van der Waals surface area contributed by atoms with E-state index in [2.05, 4.69) is 44.4 Å². The monoisotopic (exact) mass is 549 g/mol. The number of nitrogens with zero attached hydrogens (tertiary/aromatic N) is 5. The molecule has 3 aromatic rings. The van der Waals surface area contributed by atoms with Crippen molar-refractivity contribution >= 4 is 11.7 Å². The van der Waals surface area contributed by atoms with Crippen molar-refractivity contribution in [1.29, 1.82) is 0 Å². The van der Waals surface area contributed by atoms with Crippen LogP contribution < -0.4 is 4.90 Å². The van der Waals surface area contributed by atoms with Gasteiger partial charge in [0, 0.05) is 44.3 Å². The number of carbonyl (C=O) groups excluding carboxylic acids is 1. The Morgan fingerprint density at radius 3 is 2.27 bits per heavy atom. The zero-order valence-electron chi connectivity index (χ0n) is 24.6. The number of hydrogen-bond donors (Lipinski definition) is 0. The van der Waals surface area contributed by atoms with Crippen LogP contribution in [0.4, 0.5) is 10.2 Å². The molecule has 40 heavy (non-hydrogen) atoms. The van der Waals surface area contributed by atoms with E-state index in [9.17, 15) is 9.18 Å². The summed E-state index contributed by atoms with van der Waals surface area (Å²) in [7, 11) is 0. The van der Waals surface area contributed by atoms with Gasteiger partial charge in [-0.1, -0.05) is 51.1 Å². The molecule has 1 aliphatic rings. The second kappa shape index (κ2) is 13.9. The van der Waals surface area contributed by atoms with Gasteiger partial charge in [0.1, 0.15) is 18.2 Å². The minimum Gasteiger partial charge on any atom is -0.367 e. The van der Waals surface area contributed by atoms with E-state index in [-0.39, 0.29) is 18.3 Å². The molecule has 1 aliphatic heterocycles. The summed E-state index contributed by atoms with van der Waals surface area (Å²) in [6.07, 6.45) is 0.733. The second-order valence-corrected chi connectivity index (χ2v) is 11.3. The minimum atomic E-state index is -0.275. The standard InChI is InChI=1S/C32H44FN5O2/c1-6-30-29(21-37(20-24(2)3)31(39)23-40-22-26-10-8-7-9-11-26)32(36-18-16-35(17-19-36)25(4)5)38(34-30)28-14-12-27(33)13-15-28/h7-15,24-25H,6,16-23H2,1-5H3. The first kappa shape index (κ1) is 29.7. The summed E-state index contributed by atoms with van der Waals surface area (Å²) in [6, 6.07) is 16.9. The van der Waals surface area contributed by atoms with Crippen LogP contribution in [0.3, 0.4) is 0 Å². The fraction of sp³-hybridized carbons (Fsp3) is 0.500. The molecule has 1 fully saturated rings. The number of aromatic nitrogens is 2. The van der Waals surface area contributed by atoms with Crippen LogP contribution >= 0.6 is 0 Å². The maximum absolute atomic E-state index is 13.8. The lowest BCUT2D eigenvalue weighted by atomic mass is 10.1. The summed E-state index contributed by atoms with van der Waals surface area (Å²) in [5.41, 5.74) is 3.87. The van der Waals surface area contributed by atoms with Crippen LogP contribution in [0, 0.1) is 11.7 Å². The Labute approximate surface area is 238 Å². The van der Waals surface area contributed by atoms with Gasteiger partial charge in [0.05, 0.1) is 24.5 Å². The molecule has 0 saturated carbocycles. The van der Waals surface area contributed by atoms with E-state index in [1.165, 1.54) is 12.1 Å². The number of aryl methyl sites for hydroxylation is 1. The molecule has 2 aromatic carbocycles. The van der Waals surface area contributed by atoms with Gasteiger partial charge in [-0.3, -0.25) is 9.69 Å². The maximum atomic E-state index is 13.8. The Hall–Kier alpha value is -3.23. The van der Waals surface area contributed by atoms with Gasteiger partial charge in [-0.05, 0) is 56.0 Å². The van der Waals surface area contributed by atoms with Gasteiger partial charge in [0.2, 0.25) is 5.91 Å². The molecule has 216 valence electrons. The number of halogens is 1. The van der Waals surface area contributed by atoms with E-state index in [0.29, 0.717) is 31.7 Å². The number of piperazine rings is 1. The Morgan fingerprint density at radius 1 is 1.00 bits per heavy atom.